The highest BCUT2D eigenvalue weighted by molar-refractivity contribution is 6.52. The van der Waals surface area contributed by atoms with Gasteiger partial charge in [-0.3, -0.25) is 14.5 Å². The number of hydrogen-bond donors (Lipinski definition) is 1. The number of piperidine rings is 1. The van der Waals surface area contributed by atoms with E-state index in [1.165, 1.54) is 24.2 Å². The highest BCUT2D eigenvalue weighted by Crippen LogP contribution is 2.40. The van der Waals surface area contributed by atoms with Gasteiger partial charge in [0.25, 0.3) is 5.78 Å². The summed E-state index contributed by atoms with van der Waals surface area (Å²) in [6, 6.07) is 4.01. The maximum Gasteiger partial charge on any atom is 0.303 e. The van der Waals surface area contributed by atoms with Gasteiger partial charge in [-0.05, 0) is 31.7 Å². The molecule has 1 aromatic carbocycles. The first kappa shape index (κ1) is 15.4. The zero-order chi connectivity index (χ0) is 16.7. The monoisotopic (exact) mass is 331 g/mol. The third kappa shape index (κ3) is 2.45. The molecule has 6 nitrogen and oxygen atoms in total. The van der Waals surface area contributed by atoms with Gasteiger partial charge in [0.05, 0.1) is 23.8 Å². The Balaban J connectivity index is 1.65. The van der Waals surface area contributed by atoms with Crippen LogP contribution in [0.15, 0.2) is 12.1 Å². The van der Waals surface area contributed by atoms with E-state index in [9.17, 15) is 9.59 Å². The Bertz CT molecular complexity index is 688. The second-order valence-electron chi connectivity index (χ2n) is 6.74. The number of anilines is 1. The molecule has 0 aromatic heterocycles. The number of amides is 1. The first-order chi connectivity index (χ1) is 11.7. The molecule has 3 aliphatic rings. The SMILES string of the molecule is CC[C@H]1CCCC[NH+]1CN1C(=O)C(=O)c2cc3c(cc21)OCCO3. The predicted molar refractivity (Wildman–Crippen MR) is 87.9 cm³/mol. The molecule has 6 heteroatoms. The number of quaternary nitrogens is 1. The van der Waals surface area contributed by atoms with Crippen molar-refractivity contribution in [2.75, 3.05) is 31.3 Å². The first-order valence-corrected chi connectivity index (χ1v) is 8.83. The molecule has 4 rings (SSSR count). The van der Waals surface area contributed by atoms with Crippen molar-refractivity contribution < 1.29 is 24.0 Å². The number of carbonyl (C=O) groups excluding carboxylic acids is 2. The molecular formula is C18H23N2O4+. The molecule has 1 aromatic rings. The van der Waals surface area contributed by atoms with Gasteiger partial charge >= 0.3 is 5.91 Å². The molecule has 0 saturated carbocycles. The number of nitrogens with zero attached hydrogens (tertiary/aromatic N) is 1. The highest BCUT2D eigenvalue weighted by atomic mass is 16.6. The fraction of sp³-hybridized carbons (Fsp3) is 0.556. The minimum absolute atomic E-state index is 0.430. The number of fused-ring (bicyclic) bond motifs is 2. The molecule has 24 heavy (non-hydrogen) atoms. The van der Waals surface area contributed by atoms with Crippen LogP contribution in [0.2, 0.25) is 0 Å². The fourth-order valence-corrected chi connectivity index (χ4v) is 4.04. The molecule has 1 saturated heterocycles. The summed E-state index contributed by atoms with van der Waals surface area (Å²) in [6.45, 7) is 4.76. The van der Waals surface area contributed by atoms with Gasteiger partial charge < -0.3 is 14.4 Å². The summed E-state index contributed by atoms with van der Waals surface area (Å²) in [6.07, 6.45) is 4.72. The maximum atomic E-state index is 12.5. The van der Waals surface area contributed by atoms with Gasteiger partial charge in [0.15, 0.2) is 18.2 Å². The third-order valence-electron chi connectivity index (χ3n) is 5.37. The summed E-state index contributed by atoms with van der Waals surface area (Å²) in [4.78, 5) is 27.9. The van der Waals surface area contributed by atoms with Crippen LogP contribution in [0.25, 0.3) is 0 Å². The molecule has 3 heterocycles. The standard InChI is InChI=1S/C18H22N2O4/c1-2-12-5-3-4-6-19(12)11-20-14-10-16-15(23-7-8-24-16)9-13(14)17(21)18(20)22/h9-10,12H,2-8,11H2,1H3/p+1/t12-/m0/s1. The zero-order valence-corrected chi connectivity index (χ0v) is 14.0. The molecule has 0 radical (unpaired) electrons. The predicted octanol–water partition coefficient (Wildman–Crippen LogP) is 0.792. The van der Waals surface area contributed by atoms with Gasteiger partial charge in [-0.2, -0.15) is 0 Å². The van der Waals surface area contributed by atoms with E-state index in [1.807, 2.05) is 0 Å². The molecule has 0 spiro atoms. The molecule has 2 atom stereocenters. The number of likely N-dealkylation sites (tertiary alicyclic amines) is 1. The Hall–Kier alpha value is -2.08. The van der Waals surface area contributed by atoms with Crippen molar-refractivity contribution in [3.05, 3.63) is 17.7 Å². The van der Waals surface area contributed by atoms with E-state index in [1.54, 1.807) is 17.0 Å². The number of ether oxygens (including phenoxy) is 2. The number of carbonyl (C=O) groups is 2. The second kappa shape index (κ2) is 6.09. The summed E-state index contributed by atoms with van der Waals surface area (Å²) < 4.78 is 11.2. The molecule has 128 valence electrons. The van der Waals surface area contributed by atoms with Gasteiger partial charge in [-0.1, -0.05) is 6.92 Å². The number of rotatable bonds is 3. The van der Waals surface area contributed by atoms with Crippen molar-refractivity contribution in [1.29, 1.82) is 0 Å². The van der Waals surface area contributed by atoms with Crippen molar-refractivity contribution in [2.45, 2.75) is 38.6 Å². The Morgan fingerprint density at radius 2 is 1.92 bits per heavy atom. The molecule has 3 aliphatic heterocycles. The summed E-state index contributed by atoms with van der Waals surface area (Å²) >= 11 is 0. The van der Waals surface area contributed by atoms with Crippen molar-refractivity contribution in [3.63, 3.8) is 0 Å². The Morgan fingerprint density at radius 1 is 1.17 bits per heavy atom. The average Bonchev–Trinajstić information content (AvgIpc) is 2.85. The molecule has 0 aliphatic carbocycles. The number of benzene rings is 1. The maximum absolute atomic E-state index is 12.5. The van der Waals surface area contributed by atoms with Crippen LogP contribution in [0.4, 0.5) is 5.69 Å². The Morgan fingerprint density at radius 3 is 2.67 bits per heavy atom. The lowest BCUT2D eigenvalue weighted by atomic mass is 10.0. The minimum Gasteiger partial charge on any atom is -0.486 e. The van der Waals surface area contributed by atoms with Crippen LogP contribution in [0.5, 0.6) is 11.5 Å². The van der Waals surface area contributed by atoms with Crippen molar-refractivity contribution in [3.8, 4) is 11.5 Å². The molecule has 1 unspecified atom stereocenters. The topological polar surface area (TPSA) is 60.3 Å². The number of ketones is 1. The minimum atomic E-state index is -0.438. The number of hydrogen-bond acceptors (Lipinski definition) is 4. The first-order valence-electron chi connectivity index (χ1n) is 8.83. The lowest BCUT2D eigenvalue weighted by Crippen LogP contribution is -3.18. The normalized spacial score (nSPS) is 25.8. The van der Waals surface area contributed by atoms with Gasteiger partial charge in [0, 0.05) is 6.07 Å². The lowest BCUT2D eigenvalue weighted by molar-refractivity contribution is -0.929. The van der Waals surface area contributed by atoms with E-state index >= 15 is 0 Å². The zero-order valence-electron chi connectivity index (χ0n) is 14.0. The summed E-state index contributed by atoms with van der Waals surface area (Å²) in [5.41, 5.74) is 1.11. The largest absolute Gasteiger partial charge is 0.486 e. The van der Waals surface area contributed by atoms with Crippen LogP contribution in [0.1, 0.15) is 43.0 Å². The van der Waals surface area contributed by atoms with Crippen molar-refractivity contribution in [2.24, 2.45) is 0 Å². The van der Waals surface area contributed by atoms with Crippen LogP contribution in [0.3, 0.4) is 0 Å². The molecule has 1 amide bonds. The van der Waals surface area contributed by atoms with Gasteiger partial charge in [0.2, 0.25) is 0 Å². The number of nitrogens with one attached hydrogen (secondary N) is 1. The third-order valence-corrected chi connectivity index (χ3v) is 5.37. The smallest absolute Gasteiger partial charge is 0.303 e. The lowest BCUT2D eigenvalue weighted by Gasteiger charge is -2.34. The van der Waals surface area contributed by atoms with E-state index < -0.39 is 11.7 Å². The van der Waals surface area contributed by atoms with Crippen LogP contribution in [0, 0.1) is 0 Å². The van der Waals surface area contributed by atoms with E-state index in [-0.39, 0.29) is 0 Å². The molecule has 0 bridgehead atoms. The molecular weight excluding hydrogens is 308 g/mol. The van der Waals surface area contributed by atoms with Crippen LogP contribution in [-0.4, -0.2) is 44.2 Å². The van der Waals surface area contributed by atoms with E-state index in [0.717, 1.165) is 13.0 Å². The van der Waals surface area contributed by atoms with Crippen LogP contribution in [-0.2, 0) is 4.79 Å². The quantitative estimate of drug-likeness (QED) is 0.832. The highest BCUT2D eigenvalue weighted by Gasteiger charge is 2.40. The summed E-state index contributed by atoms with van der Waals surface area (Å²) in [5.74, 6) is 0.305. The Labute approximate surface area is 141 Å². The van der Waals surface area contributed by atoms with Gasteiger partial charge in [-0.15, -0.1) is 0 Å². The van der Waals surface area contributed by atoms with E-state index in [0.29, 0.717) is 48.7 Å². The summed E-state index contributed by atoms with van der Waals surface area (Å²) in [5, 5.41) is 0. The average molecular weight is 331 g/mol. The molecule has 1 fully saturated rings. The van der Waals surface area contributed by atoms with Crippen molar-refractivity contribution >= 4 is 17.4 Å². The van der Waals surface area contributed by atoms with Crippen molar-refractivity contribution in [1.82, 2.24) is 0 Å². The number of Topliss-reactive ketones (excluding diaryl/α,β-unsaturated/α-hetero) is 1. The van der Waals surface area contributed by atoms with Crippen LogP contribution < -0.4 is 19.3 Å². The second-order valence-corrected chi connectivity index (χ2v) is 6.74. The summed E-state index contributed by atoms with van der Waals surface area (Å²) in [7, 11) is 0. The Kier molecular flexibility index (Phi) is 3.92. The van der Waals surface area contributed by atoms with Gasteiger partial charge in [-0.25, -0.2) is 0 Å². The van der Waals surface area contributed by atoms with E-state index in [2.05, 4.69) is 6.92 Å². The molecule has 1 N–H and O–H groups in total. The van der Waals surface area contributed by atoms with Gasteiger partial charge in [0.1, 0.15) is 13.2 Å². The van der Waals surface area contributed by atoms with E-state index in [4.69, 9.17) is 9.47 Å². The fourth-order valence-electron chi connectivity index (χ4n) is 4.04. The van der Waals surface area contributed by atoms with Crippen LogP contribution >= 0.6 is 0 Å².